The molecule has 0 saturated carbocycles. The van der Waals surface area contributed by atoms with E-state index in [0.717, 1.165) is 45.6 Å². The topological polar surface area (TPSA) is 110 Å². The van der Waals surface area contributed by atoms with Crippen molar-refractivity contribution in [1.82, 2.24) is 29.4 Å². The van der Waals surface area contributed by atoms with E-state index in [2.05, 4.69) is 20.4 Å². The number of rotatable bonds is 6. The zero-order valence-corrected chi connectivity index (χ0v) is 20.4. The van der Waals surface area contributed by atoms with Gasteiger partial charge in [-0.05, 0) is 31.2 Å². The Labute approximate surface area is 212 Å². The molecule has 3 atom stereocenters. The molecule has 1 amide bonds. The fourth-order valence-corrected chi connectivity index (χ4v) is 5.83. The van der Waals surface area contributed by atoms with Crippen LogP contribution in [0.15, 0.2) is 47.8 Å². The number of nitrogens with one attached hydrogen (secondary N) is 1. The first-order valence-electron chi connectivity index (χ1n) is 10.6. The van der Waals surface area contributed by atoms with Gasteiger partial charge in [-0.1, -0.05) is 11.6 Å². The summed E-state index contributed by atoms with van der Waals surface area (Å²) in [5.41, 5.74) is 0.305. The van der Waals surface area contributed by atoms with Crippen LogP contribution in [0.5, 0.6) is 0 Å². The fourth-order valence-electron chi connectivity index (χ4n) is 3.82. The van der Waals surface area contributed by atoms with Crippen LogP contribution in [0.4, 0.5) is 22.0 Å². The highest BCUT2D eigenvalue weighted by Crippen LogP contribution is 2.33. The van der Waals surface area contributed by atoms with Crippen LogP contribution in [-0.2, 0) is 27.5 Å². The highest BCUT2D eigenvalue weighted by atomic mass is 35.5. The number of amides is 1. The summed E-state index contributed by atoms with van der Waals surface area (Å²) in [6.45, 7) is 1.08. The minimum atomic E-state index is -4.72. The van der Waals surface area contributed by atoms with Crippen molar-refractivity contribution in [3.05, 3.63) is 65.2 Å². The van der Waals surface area contributed by atoms with E-state index in [4.69, 9.17) is 11.6 Å². The van der Waals surface area contributed by atoms with Gasteiger partial charge in [0.15, 0.2) is 5.15 Å². The maximum Gasteiger partial charge on any atom is 0.451 e. The van der Waals surface area contributed by atoms with Gasteiger partial charge in [-0.25, -0.2) is 31.8 Å². The highest BCUT2D eigenvalue weighted by molar-refractivity contribution is 7.89. The third kappa shape index (κ3) is 5.43. The van der Waals surface area contributed by atoms with Crippen molar-refractivity contribution in [3.8, 4) is 5.69 Å². The van der Waals surface area contributed by atoms with Crippen LogP contribution >= 0.6 is 11.6 Å². The quantitative estimate of drug-likeness (QED) is 0.460. The number of alkyl halides is 4. The Hall–Kier alpha value is -3.17. The average Bonchev–Trinajstić information content (AvgIpc) is 3.36. The highest BCUT2D eigenvalue weighted by Gasteiger charge is 2.49. The van der Waals surface area contributed by atoms with Gasteiger partial charge in [0.05, 0.1) is 23.3 Å². The number of carbonyl (C=O) groups excluding carboxylic acids is 1. The Balaban J connectivity index is 1.50. The number of benzene rings is 1. The van der Waals surface area contributed by atoms with Crippen LogP contribution < -0.4 is 5.32 Å². The van der Waals surface area contributed by atoms with E-state index in [1.165, 1.54) is 13.1 Å². The average molecular weight is 565 g/mol. The molecule has 1 fully saturated rings. The fraction of sp³-hybridized carbons (Fsp3) is 0.333. The second-order valence-corrected chi connectivity index (χ2v) is 10.4. The number of hydrogen-bond donors (Lipinski definition) is 1. The SMILES string of the molecule is CC1C(F)CC(C(=O)NCc2cn(-c3cnc(C(F)(F)F)nc3)nc2Cl)N1S(=O)(=O)c1ccc(F)cc1. The van der Waals surface area contributed by atoms with Crippen LogP contribution in [0.1, 0.15) is 24.7 Å². The molecule has 3 heterocycles. The van der Waals surface area contributed by atoms with Gasteiger partial charge >= 0.3 is 6.18 Å². The van der Waals surface area contributed by atoms with E-state index in [9.17, 15) is 35.2 Å². The largest absolute Gasteiger partial charge is 0.451 e. The van der Waals surface area contributed by atoms with Gasteiger partial charge in [0, 0.05) is 24.7 Å². The van der Waals surface area contributed by atoms with Crippen molar-refractivity contribution in [1.29, 1.82) is 0 Å². The summed E-state index contributed by atoms with van der Waals surface area (Å²) in [5, 5.41) is 6.34. The Kier molecular flexibility index (Phi) is 7.23. The molecule has 1 aliphatic rings. The van der Waals surface area contributed by atoms with Crippen molar-refractivity contribution >= 4 is 27.5 Å². The van der Waals surface area contributed by atoms with Crippen molar-refractivity contribution in [2.24, 2.45) is 0 Å². The lowest BCUT2D eigenvalue weighted by atomic mass is 10.1. The maximum atomic E-state index is 14.5. The predicted molar refractivity (Wildman–Crippen MR) is 119 cm³/mol. The second-order valence-electron chi connectivity index (χ2n) is 8.17. The minimum Gasteiger partial charge on any atom is -0.350 e. The van der Waals surface area contributed by atoms with Crippen LogP contribution in [-0.4, -0.2) is 56.6 Å². The molecule has 1 aliphatic heterocycles. The smallest absolute Gasteiger partial charge is 0.350 e. The zero-order valence-electron chi connectivity index (χ0n) is 18.8. The number of halogens is 6. The van der Waals surface area contributed by atoms with Gasteiger partial charge in [-0.3, -0.25) is 4.79 Å². The molecular formula is C21H18ClF5N6O3S. The second kappa shape index (κ2) is 9.95. The van der Waals surface area contributed by atoms with Gasteiger partial charge in [0.2, 0.25) is 21.8 Å². The molecule has 2 aromatic heterocycles. The standard InChI is InChI=1S/C21H18ClF5N6O3S/c1-11-16(24)6-17(33(11)37(35,36)15-4-2-13(23)3-5-15)19(34)28-7-12-10-32(31-18(12)22)14-8-29-20(30-9-14)21(25,26)27/h2-5,8-11,16-17H,6-7H2,1H3,(H,28,34). The van der Waals surface area contributed by atoms with Crippen LogP contribution in [0.3, 0.4) is 0 Å². The minimum absolute atomic E-state index is 0.0638. The first-order chi connectivity index (χ1) is 17.3. The number of hydrogen-bond acceptors (Lipinski definition) is 6. The van der Waals surface area contributed by atoms with Crippen LogP contribution in [0, 0.1) is 5.82 Å². The lowest BCUT2D eigenvalue weighted by Gasteiger charge is -2.26. The molecule has 3 aromatic rings. The van der Waals surface area contributed by atoms with E-state index in [0.29, 0.717) is 0 Å². The third-order valence-electron chi connectivity index (χ3n) is 5.72. The monoisotopic (exact) mass is 564 g/mol. The van der Waals surface area contributed by atoms with Gasteiger partial charge in [-0.2, -0.15) is 22.6 Å². The number of nitrogens with zero attached hydrogens (tertiary/aromatic N) is 5. The van der Waals surface area contributed by atoms with Crippen LogP contribution in [0.25, 0.3) is 5.69 Å². The van der Waals surface area contributed by atoms with E-state index in [-0.39, 0.29) is 27.8 Å². The zero-order chi connectivity index (χ0) is 27.1. The van der Waals surface area contributed by atoms with Gasteiger partial charge in [-0.15, -0.1) is 0 Å². The molecule has 1 aromatic carbocycles. The molecule has 4 rings (SSSR count). The third-order valence-corrected chi connectivity index (χ3v) is 8.05. The molecule has 9 nitrogen and oxygen atoms in total. The van der Waals surface area contributed by atoms with Crippen molar-refractivity contribution in [3.63, 3.8) is 0 Å². The molecule has 0 radical (unpaired) electrons. The lowest BCUT2D eigenvalue weighted by molar-refractivity contribution is -0.145. The van der Waals surface area contributed by atoms with E-state index in [1.54, 1.807) is 0 Å². The summed E-state index contributed by atoms with van der Waals surface area (Å²) in [6, 6.07) is 1.39. The predicted octanol–water partition coefficient (Wildman–Crippen LogP) is 3.28. The normalized spacial score (nSPS) is 20.8. The van der Waals surface area contributed by atoms with Crippen molar-refractivity contribution in [2.45, 2.75) is 49.2 Å². The first kappa shape index (κ1) is 26.9. The summed E-state index contributed by atoms with van der Waals surface area (Å²) in [4.78, 5) is 19.1. The van der Waals surface area contributed by atoms with Crippen molar-refractivity contribution < 1.29 is 35.2 Å². The molecule has 0 aliphatic carbocycles. The summed E-state index contributed by atoms with van der Waals surface area (Å²) in [6.07, 6.45) is -3.65. The van der Waals surface area contributed by atoms with Crippen LogP contribution in [0.2, 0.25) is 5.15 Å². The molecule has 0 spiro atoms. The van der Waals surface area contributed by atoms with Gasteiger partial charge in [0.1, 0.15) is 23.7 Å². The van der Waals surface area contributed by atoms with Crippen molar-refractivity contribution in [2.75, 3.05) is 0 Å². The Morgan fingerprint density at radius 3 is 2.41 bits per heavy atom. The molecule has 198 valence electrons. The molecule has 1 N–H and O–H groups in total. The number of carbonyl (C=O) groups is 1. The summed E-state index contributed by atoms with van der Waals surface area (Å²) in [7, 11) is -4.34. The maximum absolute atomic E-state index is 14.5. The molecule has 37 heavy (non-hydrogen) atoms. The summed E-state index contributed by atoms with van der Waals surface area (Å²) in [5.74, 6) is -2.80. The first-order valence-corrected chi connectivity index (χ1v) is 12.5. The van der Waals surface area contributed by atoms with E-state index in [1.807, 2.05) is 0 Å². The van der Waals surface area contributed by atoms with E-state index < -0.39 is 58.4 Å². The Morgan fingerprint density at radius 1 is 1.19 bits per heavy atom. The lowest BCUT2D eigenvalue weighted by Crippen LogP contribution is -2.48. The summed E-state index contributed by atoms with van der Waals surface area (Å²) < 4.78 is 93.9. The van der Waals surface area contributed by atoms with Gasteiger partial charge in [0.25, 0.3) is 0 Å². The number of aromatic nitrogens is 4. The van der Waals surface area contributed by atoms with Gasteiger partial charge < -0.3 is 5.32 Å². The molecule has 16 heteroatoms. The molecule has 3 unspecified atom stereocenters. The molecule has 1 saturated heterocycles. The Bertz CT molecular complexity index is 1400. The summed E-state index contributed by atoms with van der Waals surface area (Å²) >= 11 is 6.08. The van der Waals surface area contributed by atoms with E-state index >= 15 is 0 Å². The molecule has 0 bridgehead atoms. The number of sulfonamides is 1. The Morgan fingerprint density at radius 2 is 1.81 bits per heavy atom. The molecular weight excluding hydrogens is 547 g/mol.